The first-order valence-electron chi connectivity index (χ1n) is 7.91. The lowest BCUT2D eigenvalue weighted by Gasteiger charge is -2.22. The van der Waals surface area contributed by atoms with E-state index in [0.717, 1.165) is 12.5 Å². The molecule has 0 saturated heterocycles. The van der Waals surface area contributed by atoms with Crippen LogP contribution in [0.4, 0.5) is 35.1 Å². The van der Waals surface area contributed by atoms with Crippen molar-refractivity contribution in [2.45, 2.75) is 18.3 Å². The Bertz CT molecular complexity index is 1350. The SMILES string of the molecule is N#Cc1c(-c2nnco2)nc2ccc3c(C(F)(F)C(F)(F)F)cc(C(F)(F)F)nc3n12. The molecule has 0 N–H and O–H groups in total. The van der Waals surface area contributed by atoms with Crippen LogP contribution in [0, 0.1) is 11.3 Å². The first kappa shape index (κ1) is 20.4. The highest BCUT2D eigenvalue weighted by molar-refractivity contribution is 5.85. The Morgan fingerprint density at radius 2 is 1.71 bits per heavy atom. The molecule has 0 fully saturated rings. The van der Waals surface area contributed by atoms with E-state index in [1.807, 2.05) is 0 Å². The fourth-order valence-electron chi connectivity index (χ4n) is 2.88. The second-order valence-corrected chi connectivity index (χ2v) is 6.05. The quantitative estimate of drug-likeness (QED) is 0.420. The number of hydrogen-bond acceptors (Lipinski definition) is 6. The number of alkyl halides is 8. The largest absolute Gasteiger partial charge is 0.458 e. The van der Waals surface area contributed by atoms with Gasteiger partial charge in [0.25, 0.3) is 5.89 Å². The van der Waals surface area contributed by atoms with Crippen LogP contribution in [0.1, 0.15) is 17.0 Å². The number of fused-ring (bicyclic) bond motifs is 3. The molecule has 0 saturated carbocycles. The summed E-state index contributed by atoms with van der Waals surface area (Å²) < 4.78 is 113. The minimum Gasteiger partial charge on any atom is -0.422 e. The molecule has 0 aliphatic rings. The Hall–Kier alpha value is -3.83. The third-order valence-corrected chi connectivity index (χ3v) is 4.21. The molecule has 0 amide bonds. The lowest BCUT2D eigenvalue weighted by Crippen LogP contribution is -2.34. The highest BCUT2D eigenvalue weighted by atomic mass is 19.4. The molecule has 0 spiro atoms. The Kier molecular flexibility index (Phi) is 4.18. The minimum atomic E-state index is -6.19. The minimum absolute atomic E-state index is 0.273. The van der Waals surface area contributed by atoms with E-state index in [-0.39, 0.29) is 23.3 Å². The number of halogens is 8. The molecule has 0 aromatic carbocycles. The zero-order chi connectivity index (χ0) is 22.8. The molecule has 15 heteroatoms. The van der Waals surface area contributed by atoms with Crippen LogP contribution in [-0.4, -0.2) is 30.7 Å². The van der Waals surface area contributed by atoms with Gasteiger partial charge in [-0.05, 0) is 18.2 Å². The summed E-state index contributed by atoms with van der Waals surface area (Å²) in [5.41, 5.74) is -6.13. The predicted molar refractivity (Wildman–Crippen MR) is 83.5 cm³/mol. The molecule has 4 aromatic rings. The molecule has 31 heavy (non-hydrogen) atoms. The molecule has 0 unspecified atom stereocenters. The summed E-state index contributed by atoms with van der Waals surface area (Å²) in [5, 5.41) is 15.4. The zero-order valence-corrected chi connectivity index (χ0v) is 14.4. The maximum atomic E-state index is 14.1. The van der Waals surface area contributed by atoms with E-state index in [0.29, 0.717) is 10.5 Å². The first-order valence-corrected chi connectivity index (χ1v) is 7.91. The highest BCUT2D eigenvalue weighted by Crippen LogP contribution is 2.47. The van der Waals surface area contributed by atoms with Crippen LogP contribution in [0.5, 0.6) is 0 Å². The molecular formula is C16H4F8N6O. The molecule has 4 aromatic heterocycles. The van der Waals surface area contributed by atoms with Gasteiger partial charge < -0.3 is 4.42 Å². The smallest absolute Gasteiger partial charge is 0.422 e. The molecule has 0 bridgehead atoms. The first-order chi connectivity index (χ1) is 14.4. The van der Waals surface area contributed by atoms with Crippen molar-refractivity contribution >= 4 is 16.7 Å². The third kappa shape index (κ3) is 3.02. The van der Waals surface area contributed by atoms with Crippen LogP contribution in [0.25, 0.3) is 28.3 Å². The lowest BCUT2D eigenvalue weighted by atomic mass is 10.0. The van der Waals surface area contributed by atoms with Crippen LogP contribution < -0.4 is 0 Å². The van der Waals surface area contributed by atoms with Crippen molar-refractivity contribution in [3.63, 3.8) is 0 Å². The Labute approximate surface area is 164 Å². The molecular weight excluding hydrogens is 444 g/mol. The third-order valence-electron chi connectivity index (χ3n) is 4.21. The normalized spacial score (nSPS) is 13.1. The van der Waals surface area contributed by atoms with Crippen molar-refractivity contribution in [2.75, 3.05) is 0 Å². The maximum Gasteiger partial charge on any atom is 0.458 e. The number of hydrogen-bond donors (Lipinski definition) is 0. The number of rotatable bonds is 2. The average Bonchev–Trinajstić information content (AvgIpc) is 3.32. The number of aromatic nitrogens is 5. The summed E-state index contributed by atoms with van der Waals surface area (Å²) >= 11 is 0. The van der Waals surface area contributed by atoms with Crippen molar-refractivity contribution in [2.24, 2.45) is 0 Å². The highest BCUT2D eigenvalue weighted by Gasteiger charge is 2.60. The Morgan fingerprint density at radius 1 is 1.00 bits per heavy atom. The summed E-state index contributed by atoms with van der Waals surface area (Å²) in [6.07, 6.45) is -10.7. The zero-order valence-electron chi connectivity index (χ0n) is 14.4. The van der Waals surface area contributed by atoms with E-state index in [2.05, 4.69) is 20.2 Å². The second-order valence-electron chi connectivity index (χ2n) is 6.05. The second kappa shape index (κ2) is 6.33. The van der Waals surface area contributed by atoms with Crippen LogP contribution in [0.3, 0.4) is 0 Å². The summed E-state index contributed by atoms with van der Waals surface area (Å²) in [7, 11) is 0. The fraction of sp³-hybridized carbons (Fsp3) is 0.188. The van der Waals surface area contributed by atoms with Gasteiger partial charge in [-0.2, -0.15) is 40.4 Å². The molecule has 4 heterocycles. The summed E-state index contributed by atoms with van der Waals surface area (Å²) in [6, 6.07) is 2.86. The van der Waals surface area contributed by atoms with Crippen LogP contribution in [0.2, 0.25) is 0 Å². The van der Waals surface area contributed by atoms with Gasteiger partial charge in [-0.25, -0.2) is 9.97 Å². The van der Waals surface area contributed by atoms with Gasteiger partial charge in [0, 0.05) is 10.9 Å². The molecule has 0 aliphatic heterocycles. The lowest BCUT2D eigenvalue weighted by molar-refractivity contribution is -0.288. The van der Waals surface area contributed by atoms with Gasteiger partial charge >= 0.3 is 18.3 Å². The molecule has 0 aliphatic carbocycles. The van der Waals surface area contributed by atoms with Gasteiger partial charge in [0.1, 0.15) is 23.1 Å². The van der Waals surface area contributed by atoms with Crippen LogP contribution in [-0.2, 0) is 12.1 Å². The van der Waals surface area contributed by atoms with Crippen molar-refractivity contribution in [1.82, 2.24) is 24.6 Å². The van der Waals surface area contributed by atoms with E-state index in [9.17, 15) is 40.4 Å². The number of nitrogens with zero attached hydrogens (tertiary/aromatic N) is 6. The molecule has 4 rings (SSSR count). The molecule has 7 nitrogen and oxygen atoms in total. The van der Waals surface area contributed by atoms with Crippen molar-refractivity contribution < 1.29 is 39.5 Å². The van der Waals surface area contributed by atoms with E-state index in [4.69, 9.17) is 4.42 Å². The Balaban J connectivity index is 2.19. The average molecular weight is 448 g/mol. The van der Waals surface area contributed by atoms with Crippen molar-refractivity contribution in [1.29, 1.82) is 5.26 Å². The van der Waals surface area contributed by atoms with Gasteiger partial charge in [-0.3, -0.25) is 4.40 Å². The van der Waals surface area contributed by atoms with Crippen LogP contribution in [0.15, 0.2) is 29.0 Å². The monoisotopic (exact) mass is 448 g/mol. The predicted octanol–water partition coefficient (Wildman–Crippen LogP) is 4.48. The van der Waals surface area contributed by atoms with Gasteiger partial charge in [0.05, 0.1) is 0 Å². The van der Waals surface area contributed by atoms with Crippen LogP contribution >= 0.6 is 0 Å². The van der Waals surface area contributed by atoms with Crippen molar-refractivity contribution in [3.05, 3.63) is 41.5 Å². The van der Waals surface area contributed by atoms with Gasteiger partial charge in [-0.1, -0.05) is 0 Å². The molecule has 0 radical (unpaired) electrons. The summed E-state index contributed by atoms with van der Waals surface area (Å²) in [6.45, 7) is 0. The summed E-state index contributed by atoms with van der Waals surface area (Å²) in [5.74, 6) is -5.98. The topological polar surface area (TPSA) is 92.9 Å². The van der Waals surface area contributed by atoms with Gasteiger partial charge in [0.2, 0.25) is 6.39 Å². The number of nitriles is 1. The molecule has 0 atom stereocenters. The van der Waals surface area contributed by atoms with E-state index < -0.39 is 46.3 Å². The summed E-state index contributed by atoms with van der Waals surface area (Å²) in [4.78, 5) is 7.14. The number of imidazole rings is 1. The van der Waals surface area contributed by atoms with Crippen molar-refractivity contribution in [3.8, 4) is 17.7 Å². The fourth-order valence-corrected chi connectivity index (χ4v) is 2.88. The number of pyridine rings is 2. The van der Waals surface area contributed by atoms with E-state index in [1.165, 1.54) is 0 Å². The maximum absolute atomic E-state index is 14.1. The van der Waals surface area contributed by atoms with Gasteiger partial charge in [-0.15, -0.1) is 10.2 Å². The van der Waals surface area contributed by atoms with E-state index >= 15 is 0 Å². The Morgan fingerprint density at radius 3 is 2.26 bits per heavy atom. The molecule has 160 valence electrons. The standard InChI is InChI=1S/C16H4F8N6O/c17-14(18,16(22,23)24)7-3-9(15(19,20)21)27-12-6(7)1-2-10-28-11(8(4-25)30(10)12)13-29-26-5-31-13/h1-3,5H. The van der Waals surface area contributed by atoms with E-state index in [1.54, 1.807) is 6.07 Å². The van der Waals surface area contributed by atoms with Gasteiger partial charge in [0.15, 0.2) is 11.4 Å².